The molecule has 0 saturated heterocycles. The lowest BCUT2D eigenvalue weighted by Crippen LogP contribution is -1.99. The molecule has 6 heteroatoms. The molecule has 4 rings (SSSR count). The van der Waals surface area contributed by atoms with Crippen molar-refractivity contribution in [1.82, 2.24) is 9.97 Å². The number of aryl methyl sites for hydroxylation is 2. The Morgan fingerprint density at radius 3 is 2.71 bits per heavy atom. The van der Waals surface area contributed by atoms with Crippen LogP contribution in [0.5, 0.6) is 0 Å². The Kier molecular flexibility index (Phi) is 4.79. The zero-order valence-electron chi connectivity index (χ0n) is 13.3. The highest BCUT2D eigenvalue weighted by Gasteiger charge is 2.21. The molecular formula is C18H17FN2S3. The van der Waals surface area contributed by atoms with Crippen LogP contribution in [0, 0.1) is 5.82 Å². The minimum absolute atomic E-state index is 0.190. The largest absolute Gasteiger partial charge is 0.215 e. The fraction of sp³-hybridized carbons (Fsp3) is 0.333. The molecule has 0 unspecified atom stereocenters. The summed E-state index contributed by atoms with van der Waals surface area (Å²) in [4.78, 5) is 12.1. The van der Waals surface area contributed by atoms with Crippen molar-refractivity contribution in [1.29, 1.82) is 0 Å². The topological polar surface area (TPSA) is 25.8 Å². The average molecular weight is 377 g/mol. The van der Waals surface area contributed by atoms with E-state index in [4.69, 9.17) is 9.97 Å². The molecule has 0 bridgehead atoms. The van der Waals surface area contributed by atoms with E-state index in [0.29, 0.717) is 0 Å². The van der Waals surface area contributed by atoms with Gasteiger partial charge in [-0.15, -0.1) is 23.1 Å². The highest BCUT2D eigenvalue weighted by Crippen LogP contribution is 2.41. The van der Waals surface area contributed by atoms with Crippen LogP contribution in [-0.4, -0.2) is 16.2 Å². The number of fused-ring (bicyclic) bond motifs is 3. The summed E-state index contributed by atoms with van der Waals surface area (Å²) in [5.74, 6) is 0.606. The number of thiophene rings is 1. The van der Waals surface area contributed by atoms with Crippen LogP contribution in [0.1, 0.15) is 28.8 Å². The van der Waals surface area contributed by atoms with Crippen LogP contribution >= 0.6 is 34.9 Å². The minimum atomic E-state index is -0.190. The molecule has 0 amide bonds. The number of nitrogens with zero attached hydrogens (tertiary/aromatic N) is 2. The van der Waals surface area contributed by atoms with Gasteiger partial charge in [-0.25, -0.2) is 14.4 Å². The van der Waals surface area contributed by atoms with Crippen molar-refractivity contribution >= 4 is 45.1 Å². The van der Waals surface area contributed by atoms with Crippen molar-refractivity contribution in [3.63, 3.8) is 0 Å². The van der Waals surface area contributed by atoms with Crippen molar-refractivity contribution in [2.24, 2.45) is 0 Å². The number of aromatic nitrogens is 2. The lowest BCUT2D eigenvalue weighted by molar-refractivity contribution is 0.627. The number of halogens is 1. The third kappa shape index (κ3) is 3.19. The molecule has 24 heavy (non-hydrogen) atoms. The van der Waals surface area contributed by atoms with Gasteiger partial charge in [-0.2, -0.15) is 0 Å². The van der Waals surface area contributed by atoms with E-state index >= 15 is 0 Å². The van der Waals surface area contributed by atoms with Gasteiger partial charge in [0.15, 0.2) is 5.16 Å². The minimum Gasteiger partial charge on any atom is -0.215 e. The number of hydrogen-bond donors (Lipinski definition) is 0. The van der Waals surface area contributed by atoms with E-state index in [9.17, 15) is 4.39 Å². The molecular weight excluding hydrogens is 359 g/mol. The molecule has 2 nitrogen and oxygen atoms in total. The molecule has 0 fully saturated rings. The Bertz CT molecular complexity index is 874. The fourth-order valence-electron chi connectivity index (χ4n) is 3.03. The van der Waals surface area contributed by atoms with Gasteiger partial charge in [0.25, 0.3) is 0 Å². The van der Waals surface area contributed by atoms with E-state index in [1.807, 2.05) is 29.7 Å². The van der Waals surface area contributed by atoms with Gasteiger partial charge in [-0.05, 0) is 55.2 Å². The van der Waals surface area contributed by atoms with Crippen molar-refractivity contribution in [3.05, 3.63) is 46.1 Å². The molecule has 0 saturated carbocycles. The summed E-state index contributed by atoms with van der Waals surface area (Å²) in [6, 6.07) is 6.73. The molecule has 0 aliphatic heterocycles. The van der Waals surface area contributed by atoms with Crippen LogP contribution in [-0.2, 0) is 18.6 Å². The normalized spacial score (nSPS) is 14.1. The maximum atomic E-state index is 13.1. The van der Waals surface area contributed by atoms with Crippen LogP contribution < -0.4 is 0 Å². The number of hydrogen-bond acceptors (Lipinski definition) is 5. The van der Waals surface area contributed by atoms with Crippen LogP contribution in [0.4, 0.5) is 4.39 Å². The second-order valence-corrected chi connectivity index (χ2v) is 8.64. The lowest BCUT2D eigenvalue weighted by Gasteiger charge is -2.12. The summed E-state index contributed by atoms with van der Waals surface area (Å²) in [7, 11) is 0. The van der Waals surface area contributed by atoms with E-state index < -0.39 is 0 Å². The van der Waals surface area contributed by atoms with Gasteiger partial charge >= 0.3 is 0 Å². The summed E-state index contributed by atoms with van der Waals surface area (Å²) < 4.78 is 13.1. The smallest absolute Gasteiger partial charge is 0.189 e. The Balaban J connectivity index is 1.72. The van der Waals surface area contributed by atoms with Gasteiger partial charge in [-0.1, -0.05) is 23.9 Å². The molecule has 0 atom stereocenters. The summed E-state index contributed by atoms with van der Waals surface area (Å²) in [5.41, 5.74) is 2.58. The Labute approximate surface area is 153 Å². The lowest BCUT2D eigenvalue weighted by atomic mass is 9.97. The summed E-state index contributed by atoms with van der Waals surface area (Å²) >= 11 is 5.16. The van der Waals surface area contributed by atoms with Crippen LogP contribution in [0.25, 0.3) is 10.2 Å². The van der Waals surface area contributed by atoms with E-state index in [2.05, 4.69) is 0 Å². The predicted molar refractivity (Wildman–Crippen MR) is 102 cm³/mol. The monoisotopic (exact) mass is 376 g/mol. The molecule has 2 aromatic heterocycles. The van der Waals surface area contributed by atoms with Gasteiger partial charge in [0.05, 0.1) is 0 Å². The van der Waals surface area contributed by atoms with Crippen molar-refractivity contribution < 1.29 is 4.39 Å². The highest BCUT2D eigenvalue weighted by molar-refractivity contribution is 7.99. The molecule has 1 aromatic carbocycles. The van der Waals surface area contributed by atoms with E-state index in [1.54, 1.807) is 23.5 Å². The molecule has 1 aliphatic carbocycles. The SMILES string of the molecule is CSc1nc(SCc2ccc(F)cc2)c2c3c(sc2n1)CCCC3. The van der Waals surface area contributed by atoms with Gasteiger partial charge < -0.3 is 0 Å². The Morgan fingerprint density at radius 2 is 1.92 bits per heavy atom. The first-order valence-corrected chi connectivity index (χ1v) is 11.0. The summed E-state index contributed by atoms with van der Waals surface area (Å²) in [5, 5.41) is 3.18. The van der Waals surface area contributed by atoms with Crippen LogP contribution in [0.2, 0.25) is 0 Å². The maximum absolute atomic E-state index is 13.1. The molecule has 124 valence electrons. The number of rotatable bonds is 4. The molecule has 2 heterocycles. The van der Waals surface area contributed by atoms with Crippen molar-refractivity contribution in [2.45, 2.75) is 41.6 Å². The average Bonchev–Trinajstić information content (AvgIpc) is 2.99. The van der Waals surface area contributed by atoms with Crippen molar-refractivity contribution in [3.8, 4) is 0 Å². The fourth-order valence-corrected chi connectivity index (χ4v) is 5.85. The Hall–Kier alpha value is -1.11. The molecule has 0 spiro atoms. The van der Waals surface area contributed by atoms with Crippen molar-refractivity contribution in [2.75, 3.05) is 6.26 Å². The summed E-state index contributed by atoms with van der Waals surface area (Å²) in [6.07, 6.45) is 6.86. The Morgan fingerprint density at radius 1 is 1.12 bits per heavy atom. The zero-order chi connectivity index (χ0) is 16.5. The molecule has 0 N–H and O–H groups in total. The second-order valence-electron chi connectivity index (χ2n) is 5.82. The van der Waals surface area contributed by atoms with Gasteiger partial charge in [0, 0.05) is 16.0 Å². The van der Waals surface area contributed by atoms with Gasteiger partial charge in [0.2, 0.25) is 0 Å². The molecule has 1 aliphatic rings. The number of benzene rings is 1. The van der Waals surface area contributed by atoms with Gasteiger partial charge in [-0.3, -0.25) is 0 Å². The summed E-state index contributed by atoms with van der Waals surface area (Å²) in [6.45, 7) is 0. The van der Waals surface area contributed by atoms with Crippen LogP contribution in [0.3, 0.4) is 0 Å². The first kappa shape index (κ1) is 16.4. The van der Waals surface area contributed by atoms with Crippen LogP contribution in [0.15, 0.2) is 34.4 Å². The first-order chi connectivity index (χ1) is 11.7. The molecule has 3 aromatic rings. The quantitative estimate of drug-likeness (QED) is 0.330. The molecule has 0 radical (unpaired) electrons. The predicted octanol–water partition coefficient (Wildman–Crippen LogP) is 5.72. The number of thioether (sulfide) groups is 2. The first-order valence-electron chi connectivity index (χ1n) is 7.98. The zero-order valence-corrected chi connectivity index (χ0v) is 15.8. The van der Waals surface area contributed by atoms with E-state index in [1.165, 1.54) is 47.2 Å². The van der Waals surface area contributed by atoms with E-state index in [-0.39, 0.29) is 5.82 Å². The third-order valence-electron chi connectivity index (χ3n) is 4.23. The second kappa shape index (κ2) is 7.02. The van der Waals surface area contributed by atoms with E-state index in [0.717, 1.165) is 32.7 Å². The standard InChI is InChI=1S/C18H17FN2S3/c1-22-18-20-16(23-10-11-6-8-12(19)9-7-11)15-13-4-2-3-5-14(13)24-17(15)21-18/h6-9H,2-5,10H2,1H3. The highest BCUT2D eigenvalue weighted by atomic mass is 32.2. The third-order valence-corrected chi connectivity index (χ3v) is 7.01. The maximum Gasteiger partial charge on any atom is 0.189 e. The van der Waals surface area contributed by atoms with Gasteiger partial charge in [0.1, 0.15) is 15.7 Å².